The molecule has 0 aliphatic heterocycles. The summed E-state index contributed by atoms with van der Waals surface area (Å²) in [5, 5.41) is 3.00. The lowest BCUT2D eigenvalue weighted by Crippen LogP contribution is -2.13. The van der Waals surface area contributed by atoms with E-state index < -0.39 is 0 Å². The lowest BCUT2D eigenvalue weighted by atomic mass is 10.2. The van der Waals surface area contributed by atoms with Crippen molar-refractivity contribution in [2.45, 2.75) is 46.3 Å². The van der Waals surface area contributed by atoms with Crippen molar-refractivity contribution in [3.63, 3.8) is 0 Å². The molecule has 0 spiro atoms. The van der Waals surface area contributed by atoms with Crippen LogP contribution in [0.2, 0.25) is 0 Å². The summed E-state index contributed by atoms with van der Waals surface area (Å²) in [6.07, 6.45) is 2.27. The highest BCUT2D eigenvalue weighted by molar-refractivity contribution is 5.37. The molecule has 5 heteroatoms. The Hall–Kier alpha value is -1.36. The molecule has 0 radical (unpaired) electrons. The van der Waals surface area contributed by atoms with Crippen molar-refractivity contribution in [1.29, 1.82) is 0 Å². The second kappa shape index (κ2) is 7.87. The van der Waals surface area contributed by atoms with Crippen molar-refractivity contribution in [3.8, 4) is 5.88 Å². The second-order valence-electron chi connectivity index (χ2n) is 4.11. The Morgan fingerprint density at radius 2 is 2.11 bits per heavy atom. The summed E-state index contributed by atoms with van der Waals surface area (Å²) < 4.78 is 11.1. The highest BCUT2D eigenvalue weighted by Crippen LogP contribution is 2.16. The summed E-state index contributed by atoms with van der Waals surface area (Å²) >= 11 is 0. The molecule has 1 N–H and O–H groups in total. The highest BCUT2D eigenvalue weighted by Gasteiger charge is 2.08. The van der Waals surface area contributed by atoms with E-state index in [-0.39, 0.29) is 6.10 Å². The molecule has 1 heterocycles. The summed E-state index contributed by atoms with van der Waals surface area (Å²) in [6, 6.07) is 1.81. The maximum Gasteiger partial charge on any atom is 0.219 e. The quantitative estimate of drug-likeness (QED) is 0.771. The second-order valence-corrected chi connectivity index (χ2v) is 4.11. The molecule has 0 aliphatic rings. The van der Waals surface area contributed by atoms with Gasteiger partial charge in [0, 0.05) is 19.7 Å². The Kier molecular flexibility index (Phi) is 6.43. The van der Waals surface area contributed by atoms with Gasteiger partial charge in [0.05, 0.1) is 6.10 Å². The first-order chi connectivity index (χ1) is 8.69. The molecule has 1 aromatic rings. The molecule has 0 aromatic carbocycles. The third-order valence-electron chi connectivity index (χ3n) is 2.46. The lowest BCUT2D eigenvalue weighted by Gasteiger charge is -2.14. The first-order valence-electron chi connectivity index (χ1n) is 6.49. The summed E-state index contributed by atoms with van der Waals surface area (Å²) in [5.41, 5.74) is 0. The van der Waals surface area contributed by atoms with E-state index >= 15 is 0 Å². The predicted molar refractivity (Wildman–Crippen MR) is 71.9 cm³/mol. The van der Waals surface area contributed by atoms with Crippen LogP contribution in [0.5, 0.6) is 5.88 Å². The van der Waals surface area contributed by atoms with Gasteiger partial charge in [0.2, 0.25) is 5.88 Å². The van der Waals surface area contributed by atoms with Gasteiger partial charge in [-0.1, -0.05) is 13.3 Å². The van der Waals surface area contributed by atoms with Crippen molar-refractivity contribution in [1.82, 2.24) is 9.97 Å². The number of aromatic nitrogens is 2. The van der Waals surface area contributed by atoms with Crippen LogP contribution < -0.4 is 10.1 Å². The normalized spacial score (nSPS) is 12.2. The van der Waals surface area contributed by atoms with E-state index in [1.165, 1.54) is 0 Å². The van der Waals surface area contributed by atoms with Crippen LogP contribution in [-0.4, -0.2) is 29.7 Å². The molecule has 0 aliphatic carbocycles. The maximum atomic E-state index is 5.77. The molecule has 0 amide bonds. The van der Waals surface area contributed by atoms with E-state index in [9.17, 15) is 0 Å². The average Bonchev–Trinajstić information content (AvgIpc) is 2.36. The smallest absolute Gasteiger partial charge is 0.219 e. The van der Waals surface area contributed by atoms with Crippen molar-refractivity contribution in [3.05, 3.63) is 11.9 Å². The Morgan fingerprint density at radius 1 is 1.33 bits per heavy atom. The first kappa shape index (κ1) is 14.7. The fourth-order valence-electron chi connectivity index (χ4n) is 1.59. The molecule has 0 fully saturated rings. The third-order valence-corrected chi connectivity index (χ3v) is 2.46. The van der Waals surface area contributed by atoms with Crippen LogP contribution in [0, 0.1) is 0 Å². The Bertz CT molecular complexity index is 358. The van der Waals surface area contributed by atoms with E-state index in [0.717, 1.165) is 18.7 Å². The Balaban J connectivity index is 2.76. The standard InChI is InChI=1S/C13H23N3O2/c1-5-7-10(3)18-13-8-11(14-4)15-12(16-13)9-17-6-2/h8,10H,5-7,9H2,1-4H3,(H,14,15,16). The predicted octanol–water partition coefficient (Wildman–Crippen LogP) is 2.62. The molecular weight excluding hydrogens is 230 g/mol. The van der Waals surface area contributed by atoms with Gasteiger partial charge in [-0.15, -0.1) is 0 Å². The zero-order valence-electron chi connectivity index (χ0n) is 11.7. The maximum absolute atomic E-state index is 5.77. The monoisotopic (exact) mass is 253 g/mol. The lowest BCUT2D eigenvalue weighted by molar-refractivity contribution is 0.126. The molecule has 18 heavy (non-hydrogen) atoms. The van der Waals surface area contributed by atoms with Gasteiger partial charge in [-0.05, 0) is 20.3 Å². The number of nitrogens with one attached hydrogen (secondary N) is 1. The summed E-state index contributed by atoms with van der Waals surface area (Å²) in [6.45, 7) is 7.19. The van der Waals surface area contributed by atoms with E-state index in [1.54, 1.807) is 0 Å². The number of nitrogens with zero attached hydrogens (tertiary/aromatic N) is 2. The van der Waals surface area contributed by atoms with Crippen LogP contribution in [-0.2, 0) is 11.3 Å². The Morgan fingerprint density at radius 3 is 2.72 bits per heavy atom. The molecule has 0 saturated heterocycles. The van der Waals surface area contributed by atoms with Gasteiger partial charge in [0.25, 0.3) is 0 Å². The first-order valence-corrected chi connectivity index (χ1v) is 6.49. The molecule has 5 nitrogen and oxygen atoms in total. The van der Waals surface area contributed by atoms with Crippen LogP contribution in [0.25, 0.3) is 0 Å². The van der Waals surface area contributed by atoms with E-state index in [1.807, 2.05) is 27.0 Å². The molecule has 1 rings (SSSR count). The van der Waals surface area contributed by atoms with E-state index in [4.69, 9.17) is 9.47 Å². The number of hydrogen-bond donors (Lipinski definition) is 1. The van der Waals surface area contributed by atoms with Crippen molar-refractivity contribution >= 4 is 5.82 Å². The number of hydrogen-bond acceptors (Lipinski definition) is 5. The average molecular weight is 253 g/mol. The minimum absolute atomic E-state index is 0.162. The van der Waals surface area contributed by atoms with Crippen LogP contribution in [0.15, 0.2) is 6.07 Å². The summed E-state index contributed by atoms with van der Waals surface area (Å²) in [5.74, 6) is 1.99. The SMILES string of the molecule is CCCC(C)Oc1cc(NC)nc(COCC)n1. The van der Waals surface area contributed by atoms with Gasteiger partial charge in [-0.2, -0.15) is 4.98 Å². The third kappa shape index (κ3) is 4.87. The van der Waals surface area contributed by atoms with Crippen LogP contribution >= 0.6 is 0 Å². The van der Waals surface area contributed by atoms with Crippen molar-refractivity contribution < 1.29 is 9.47 Å². The minimum Gasteiger partial charge on any atom is -0.475 e. The van der Waals surface area contributed by atoms with Crippen molar-refractivity contribution in [2.24, 2.45) is 0 Å². The molecule has 1 unspecified atom stereocenters. The highest BCUT2D eigenvalue weighted by atomic mass is 16.5. The van der Waals surface area contributed by atoms with Crippen molar-refractivity contribution in [2.75, 3.05) is 19.0 Å². The molecule has 0 saturated carbocycles. The summed E-state index contributed by atoms with van der Waals surface area (Å²) in [4.78, 5) is 8.66. The number of ether oxygens (including phenoxy) is 2. The zero-order chi connectivity index (χ0) is 13.4. The van der Waals surface area contributed by atoms with Gasteiger partial charge in [-0.3, -0.25) is 0 Å². The van der Waals surface area contributed by atoms with Gasteiger partial charge in [0.1, 0.15) is 12.4 Å². The number of rotatable bonds is 8. The fraction of sp³-hybridized carbons (Fsp3) is 0.692. The van der Waals surface area contributed by atoms with Gasteiger partial charge in [0.15, 0.2) is 5.82 Å². The molecule has 102 valence electrons. The molecule has 1 aromatic heterocycles. The van der Waals surface area contributed by atoms with E-state index in [2.05, 4.69) is 22.2 Å². The largest absolute Gasteiger partial charge is 0.475 e. The molecular formula is C13H23N3O2. The minimum atomic E-state index is 0.162. The topological polar surface area (TPSA) is 56.3 Å². The molecule has 1 atom stereocenters. The zero-order valence-corrected chi connectivity index (χ0v) is 11.7. The van der Waals surface area contributed by atoms with Gasteiger partial charge < -0.3 is 14.8 Å². The molecule has 0 bridgehead atoms. The number of anilines is 1. The van der Waals surface area contributed by atoms with Gasteiger partial charge in [-0.25, -0.2) is 4.98 Å². The van der Waals surface area contributed by atoms with E-state index in [0.29, 0.717) is 24.9 Å². The Labute approximate surface area is 109 Å². The fourth-order valence-corrected chi connectivity index (χ4v) is 1.59. The van der Waals surface area contributed by atoms with Crippen LogP contribution in [0.4, 0.5) is 5.82 Å². The summed E-state index contributed by atoms with van der Waals surface area (Å²) in [7, 11) is 1.83. The van der Waals surface area contributed by atoms with Crippen LogP contribution in [0.3, 0.4) is 0 Å². The van der Waals surface area contributed by atoms with Gasteiger partial charge >= 0.3 is 0 Å². The van der Waals surface area contributed by atoms with Crippen LogP contribution in [0.1, 0.15) is 39.4 Å².